The molecule has 27 heavy (non-hydrogen) atoms. The first-order valence-corrected chi connectivity index (χ1v) is 9.04. The van der Waals surface area contributed by atoms with Crippen molar-refractivity contribution in [3.63, 3.8) is 0 Å². The van der Waals surface area contributed by atoms with Crippen LogP contribution in [0.15, 0.2) is 53.6 Å². The first kappa shape index (κ1) is 18.6. The summed E-state index contributed by atoms with van der Waals surface area (Å²) in [6.45, 7) is 10.4. The van der Waals surface area contributed by atoms with E-state index < -0.39 is 0 Å². The van der Waals surface area contributed by atoms with Gasteiger partial charge in [-0.3, -0.25) is 4.79 Å². The summed E-state index contributed by atoms with van der Waals surface area (Å²) in [6, 6.07) is 15.8. The van der Waals surface area contributed by atoms with Crippen LogP contribution >= 0.6 is 0 Å². The average molecular weight is 359 g/mol. The molecule has 0 aliphatic rings. The zero-order valence-electron chi connectivity index (χ0n) is 16.5. The van der Waals surface area contributed by atoms with Gasteiger partial charge >= 0.3 is 0 Å². The van der Waals surface area contributed by atoms with E-state index in [4.69, 9.17) is 0 Å². The molecular weight excluding hydrogens is 334 g/mol. The lowest BCUT2D eigenvalue weighted by Gasteiger charge is -2.14. The van der Waals surface area contributed by atoms with E-state index in [9.17, 15) is 4.79 Å². The molecule has 1 heterocycles. The van der Waals surface area contributed by atoms with Crippen LogP contribution in [0.4, 0.5) is 0 Å². The van der Waals surface area contributed by atoms with Crippen molar-refractivity contribution in [3.05, 3.63) is 87.7 Å². The van der Waals surface area contributed by atoms with E-state index >= 15 is 0 Å². The molecule has 3 aromatic rings. The van der Waals surface area contributed by atoms with Gasteiger partial charge in [0.1, 0.15) is 0 Å². The maximum Gasteiger partial charge on any atom is 0.271 e. The lowest BCUT2D eigenvalue weighted by molar-refractivity contribution is 0.0955. The maximum absolute atomic E-state index is 12.2. The highest BCUT2D eigenvalue weighted by molar-refractivity contribution is 5.95. The molecule has 0 fully saturated rings. The normalized spacial score (nSPS) is 11.1. The standard InChI is InChI=1S/C23H25N3O/c1-15-9-11-20(12-10-15)23(27)25-24-14-21-13-17(3)26(19(21)5)22-8-6-7-16(2)18(22)4/h6-14H,1-5H3,(H,25,27)/b24-14-. The van der Waals surface area contributed by atoms with Gasteiger partial charge in [-0.1, -0.05) is 29.8 Å². The molecule has 0 aliphatic heterocycles. The third-order valence-corrected chi connectivity index (χ3v) is 4.97. The number of hydrazone groups is 1. The smallest absolute Gasteiger partial charge is 0.271 e. The molecule has 2 aromatic carbocycles. The molecule has 0 bridgehead atoms. The Labute approximate surface area is 160 Å². The van der Waals surface area contributed by atoms with Gasteiger partial charge in [-0.2, -0.15) is 5.10 Å². The summed E-state index contributed by atoms with van der Waals surface area (Å²) >= 11 is 0. The van der Waals surface area contributed by atoms with E-state index in [0.29, 0.717) is 5.56 Å². The monoisotopic (exact) mass is 359 g/mol. The number of rotatable bonds is 4. The number of carbonyl (C=O) groups is 1. The Hall–Kier alpha value is -3.14. The fourth-order valence-corrected chi connectivity index (χ4v) is 3.20. The Morgan fingerprint density at radius 2 is 1.70 bits per heavy atom. The molecule has 3 rings (SSSR count). The zero-order valence-corrected chi connectivity index (χ0v) is 16.5. The third kappa shape index (κ3) is 3.85. The van der Waals surface area contributed by atoms with Crippen molar-refractivity contribution in [1.82, 2.24) is 9.99 Å². The first-order chi connectivity index (χ1) is 12.9. The molecule has 0 saturated heterocycles. The van der Waals surface area contributed by atoms with Crippen LogP contribution in [0.3, 0.4) is 0 Å². The molecule has 0 radical (unpaired) electrons. The van der Waals surface area contributed by atoms with Gasteiger partial charge in [0.2, 0.25) is 0 Å². The predicted octanol–water partition coefficient (Wildman–Crippen LogP) is 4.78. The van der Waals surface area contributed by atoms with E-state index in [-0.39, 0.29) is 5.91 Å². The highest BCUT2D eigenvalue weighted by Gasteiger charge is 2.12. The molecule has 1 N–H and O–H groups in total. The summed E-state index contributed by atoms with van der Waals surface area (Å²) in [5, 5.41) is 4.15. The summed E-state index contributed by atoms with van der Waals surface area (Å²) in [5.41, 5.74) is 11.2. The second-order valence-electron chi connectivity index (χ2n) is 6.95. The lowest BCUT2D eigenvalue weighted by Crippen LogP contribution is -2.17. The van der Waals surface area contributed by atoms with Gasteiger partial charge in [-0.25, -0.2) is 5.43 Å². The van der Waals surface area contributed by atoms with Crippen molar-refractivity contribution in [1.29, 1.82) is 0 Å². The summed E-state index contributed by atoms with van der Waals surface area (Å²) < 4.78 is 2.23. The van der Waals surface area contributed by atoms with E-state index in [0.717, 1.165) is 22.5 Å². The quantitative estimate of drug-likeness (QED) is 0.529. The van der Waals surface area contributed by atoms with Crippen LogP contribution < -0.4 is 5.43 Å². The Morgan fingerprint density at radius 3 is 2.41 bits per heavy atom. The van der Waals surface area contributed by atoms with Crippen LogP contribution in [0.2, 0.25) is 0 Å². The molecule has 0 saturated carbocycles. The van der Waals surface area contributed by atoms with Crippen molar-refractivity contribution in [2.24, 2.45) is 5.10 Å². The van der Waals surface area contributed by atoms with Gasteiger partial charge in [0.15, 0.2) is 0 Å². The highest BCUT2D eigenvalue weighted by Crippen LogP contribution is 2.24. The fourth-order valence-electron chi connectivity index (χ4n) is 3.20. The van der Waals surface area contributed by atoms with Gasteiger partial charge in [0.25, 0.3) is 5.91 Å². The zero-order chi connectivity index (χ0) is 19.6. The van der Waals surface area contributed by atoms with E-state index in [1.165, 1.54) is 16.8 Å². The minimum Gasteiger partial charge on any atom is -0.318 e. The Bertz CT molecular complexity index is 1010. The predicted molar refractivity (Wildman–Crippen MR) is 111 cm³/mol. The number of benzene rings is 2. The van der Waals surface area contributed by atoms with Crippen molar-refractivity contribution < 1.29 is 4.79 Å². The summed E-state index contributed by atoms with van der Waals surface area (Å²) in [5.74, 6) is -0.213. The number of hydrogen-bond donors (Lipinski definition) is 1. The molecule has 1 amide bonds. The van der Waals surface area contributed by atoms with Crippen LogP contribution in [0.5, 0.6) is 0 Å². The van der Waals surface area contributed by atoms with Gasteiger partial charge in [0, 0.05) is 28.2 Å². The Kier molecular flexibility index (Phi) is 5.26. The molecule has 4 heteroatoms. The van der Waals surface area contributed by atoms with Crippen molar-refractivity contribution in [2.75, 3.05) is 0 Å². The lowest BCUT2D eigenvalue weighted by atomic mass is 10.1. The van der Waals surface area contributed by atoms with E-state index in [1.807, 2.05) is 19.1 Å². The number of carbonyl (C=O) groups excluding carboxylic acids is 1. The number of hydrogen-bond acceptors (Lipinski definition) is 2. The van der Waals surface area contributed by atoms with Gasteiger partial charge in [-0.15, -0.1) is 0 Å². The fraction of sp³-hybridized carbons (Fsp3) is 0.217. The van der Waals surface area contributed by atoms with Crippen molar-refractivity contribution >= 4 is 12.1 Å². The van der Waals surface area contributed by atoms with Crippen LogP contribution in [-0.4, -0.2) is 16.7 Å². The molecule has 138 valence electrons. The minimum absolute atomic E-state index is 0.213. The van der Waals surface area contributed by atoms with Crippen LogP contribution in [0.1, 0.15) is 44.0 Å². The summed E-state index contributed by atoms with van der Waals surface area (Å²) in [6.07, 6.45) is 1.70. The average Bonchev–Trinajstić information content (AvgIpc) is 2.92. The third-order valence-electron chi connectivity index (χ3n) is 4.97. The van der Waals surface area contributed by atoms with Crippen molar-refractivity contribution in [2.45, 2.75) is 34.6 Å². The topological polar surface area (TPSA) is 46.4 Å². The molecule has 1 aromatic heterocycles. The van der Waals surface area contributed by atoms with Crippen LogP contribution in [0, 0.1) is 34.6 Å². The second kappa shape index (κ2) is 7.62. The maximum atomic E-state index is 12.2. The molecule has 0 spiro atoms. The number of aryl methyl sites for hydroxylation is 3. The number of nitrogens with one attached hydrogen (secondary N) is 1. The summed E-state index contributed by atoms with van der Waals surface area (Å²) in [7, 11) is 0. The molecule has 0 aliphatic carbocycles. The van der Waals surface area contributed by atoms with Crippen molar-refractivity contribution in [3.8, 4) is 5.69 Å². The van der Waals surface area contributed by atoms with E-state index in [1.54, 1.807) is 18.3 Å². The highest BCUT2D eigenvalue weighted by atomic mass is 16.2. The Morgan fingerprint density at radius 1 is 1.00 bits per heavy atom. The second-order valence-corrected chi connectivity index (χ2v) is 6.95. The largest absolute Gasteiger partial charge is 0.318 e. The van der Waals surface area contributed by atoms with E-state index in [2.05, 4.69) is 67.1 Å². The van der Waals surface area contributed by atoms with Gasteiger partial charge < -0.3 is 4.57 Å². The molecule has 0 unspecified atom stereocenters. The summed E-state index contributed by atoms with van der Waals surface area (Å²) in [4.78, 5) is 12.2. The number of amides is 1. The first-order valence-electron chi connectivity index (χ1n) is 9.04. The van der Waals surface area contributed by atoms with Crippen LogP contribution in [-0.2, 0) is 0 Å². The minimum atomic E-state index is -0.213. The Balaban J connectivity index is 1.82. The molecule has 4 nitrogen and oxygen atoms in total. The van der Waals surface area contributed by atoms with Gasteiger partial charge in [-0.05, 0) is 70.0 Å². The molecule has 0 atom stereocenters. The number of aromatic nitrogens is 1. The number of nitrogens with zero attached hydrogens (tertiary/aromatic N) is 2. The molecular formula is C23H25N3O. The van der Waals surface area contributed by atoms with Gasteiger partial charge in [0.05, 0.1) is 6.21 Å². The van der Waals surface area contributed by atoms with Crippen LogP contribution in [0.25, 0.3) is 5.69 Å². The SMILES string of the molecule is Cc1ccc(C(=O)N/N=C\c2cc(C)n(-c3cccc(C)c3C)c2C)cc1.